The van der Waals surface area contributed by atoms with Gasteiger partial charge in [0.1, 0.15) is 60.1 Å². The largest absolute Gasteiger partial charge is 0.508 e. The zero-order valence-electron chi connectivity index (χ0n) is 64.7. The molecule has 4 aromatic rings. The van der Waals surface area contributed by atoms with E-state index in [0.29, 0.717) is 46.9 Å². The number of phenols is 1. The van der Waals surface area contributed by atoms with Crippen LogP contribution < -0.4 is 75.7 Å². The van der Waals surface area contributed by atoms with E-state index in [1.165, 1.54) is 82.6 Å². The minimum Gasteiger partial charge on any atom is -0.508 e. The number of primary amides is 1. The van der Waals surface area contributed by atoms with E-state index in [0.717, 1.165) is 25.7 Å². The van der Waals surface area contributed by atoms with Gasteiger partial charge >= 0.3 is 5.97 Å². The Labute approximate surface area is 649 Å². The van der Waals surface area contributed by atoms with E-state index < -0.39 is 164 Å². The van der Waals surface area contributed by atoms with Crippen molar-refractivity contribution >= 4 is 87.8 Å². The van der Waals surface area contributed by atoms with Gasteiger partial charge in [-0.25, -0.2) is 0 Å². The molecule has 0 saturated carbocycles. The lowest BCUT2D eigenvalue weighted by atomic mass is 9.99. The number of aromatic amines is 1. The summed E-state index contributed by atoms with van der Waals surface area (Å²) >= 11 is 0. The first kappa shape index (κ1) is 93.3. The predicted octanol–water partition coefficient (Wildman–Crippen LogP) is 2.01. The van der Waals surface area contributed by atoms with Crippen LogP contribution in [0.3, 0.4) is 0 Å². The fourth-order valence-electron chi connectivity index (χ4n) is 12.5. The summed E-state index contributed by atoms with van der Waals surface area (Å²) in [4.78, 5) is 182. The van der Waals surface area contributed by atoms with Gasteiger partial charge in [0.05, 0.1) is 25.8 Å². The summed E-state index contributed by atoms with van der Waals surface area (Å²) in [6.07, 6.45) is 14.4. The van der Waals surface area contributed by atoms with Gasteiger partial charge < -0.3 is 101 Å². The third kappa shape index (κ3) is 36.6. The van der Waals surface area contributed by atoms with Crippen molar-refractivity contribution in [1.82, 2.24) is 63.5 Å². The topological polar surface area (TPSA) is 529 Å². The number of carboxylic acid groups (broad SMARTS) is 1. The van der Waals surface area contributed by atoms with Crippen molar-refractivity contribution in [3.05, 3.63) is 102 Å². The summed E-state index contributed by atoms with van der Waals surface area (Å²) in [7, 11) is 0. The van der Waals surface area contributed by atoms with Gasteiger partial charge in [0.2, 0.25) is 70.9 Å². The number of phenolic OH excluding ortho intramolecular Hbond substituents is 1. The molecule has 614 valence electrons. The minimum absolute atomic E-state index is 0.0349. The van der Waals surface area contributed by atoms with Crippen LogP contribution in [-0.4, -0.2) is 196 Å². The number of amides is 12. The highest BCUT2D eigenvalue weighted by molar-refractivity contribution is 5.99. The second-order valence-corrected chi connectivity index (χ2v) is 28.7. The van der Waals surface area contributed by atoms with Crippen LogP contribution in [0.1, 0.15) is 192 Å². The smallest absolute Gasteiger partial charge is 0.303 e. The van der Waals surface area contributed by atoms with Crippen molar-refractivity contribution in [1.29, 1.82) is 0 Å². The van der Waals surface area contributed by atoms with Crippen molar-refractivity contribution in [2.45, 2.75) is 255 Å². The molecule has 10 atom stereocenters. The fraction of sp³-hybridized carbons (Fsp3) is 0.582. The van der Waals surface area contributed by atoms with Crippen molar-refractivity contribution in [2.24, 2.45) is 23.1 Å². The van der Waals surface area contributed by atoms with Gasteiger partial charge in [-0.05, 0) is 119 Å². The summed E-state index contributed by atoms with van der Waals surface area (Å²) < 4.78 is 0. The van der Waals surface area contributed by atoms with Crippen LogP contribution in [-0.2, 0) is 81.6 Å². The number of nitrogens with two attached hydrogens (primary N) is 3. The van der Waals surface area contributed by atoms with Crippen LogP contribution in [0.2, 0.25) is 0 Å². The van der Waals surface area contributed by atoms with E-state index in [1.807, 2.05) is 0 Å². The first-order valence-corrected chi connectivity index (χ1v) is 39.0. The Morgan fingerprint density at radius 3 is 1.38 bits per heavy atom. The number of hydrogen-bond donors (Lipinski definition) is 19. The molecule has 1 heterocycles. The lowest BCUT2D eigenvalue weighted by molar-refractivity contribution is -0.139. The van der Waals surface area contributed by atoms with Gasteiger partial charge in [0.15, 0.2) is 0 Å². The Bertz CT molecular complexity index is 3580. The van der Waals surface area contributed by atoms with Crippen LogP contribution in [0.5, 0.6) is 5.75 Å². The fourth-order valence-corrected chi connectivity index (χ4v) is 12.5. The molecule has 3 aromatic carbocycles. The van der Waals surface area contributed by atoms with E-state index in [-0.39, 0.29) is 88.5 Å². The molecule has 12 amide bonds. The maximum Gasteiger partial charge on any atom is 0.303 e. The number of nitrogens with one attached hydrogen (secondary N) is 12. The Balaban J connectivity index is 1.54. The van der Waals surface area contributed by atoms with Crippen LogP contribution in [0.15, 0.2) is 85.1 Å². The van der Waals surface area contributed by atoms with Gasteiger partial charge in [0, 0.05) is 49.2 Å². The van der Waals surface area contributed by atoms with Crippen LogP contribution in [0.4, 0.5) is 0 Å². The zero-order chi connectivity index (χ0) is 81.6. The first-order chi connectivity index (χ1) is 53.2. The molecule has 0 aliphatic heterocycles. The zero-order valence-corrected chi connectivity index (χ0v) is 64.7. The Morgan fingerprint density at radius 2 is 0.865 bits per heavy atom. The highest BCUT2D eigenvalue weighted by Gasteiger charge is 2.36. The molecule has 10 unspecified atom stereocenters. The predicted molar refractivity (Wildman–Crippen MR) is 418 cm³/mol. The number of para-hydroxylation sites is 1. The van der Waals surface area contributed by atoms with Gasteiger partial charge in [0.25, 0.3) is 0 Å². The van der Waals surface area contributed by atoms with Crippen LogP contribution >= 0.6 is 0 Å². The molecule has 0 radical (unpaired) electrons. The monoisotopic (exact) mass is 1550 g/mol. The molecule has 32 heteroatoms. The average Bonchev–Trinajstić information content (AvgIpc) is 1.71. The number of aromatic nitrogens is 1. The molecule has 0 bridgehead atoms. The lowest BCUT2D eigenvalue weighted by Crippen LogP contribution is -2.61. The molecule has 22 N–H and O–H groups in total. The molecule has 0 aliphatic rings. The molecule has 0 fully saturated rings. The number of carbonyl (C=O) groups is 13. The molecular weight excluding hydrogens is 1430 g/mol. The number of aliphatic hydroxyl groups excluding tert-OH is 2. The second kappa shape index (κ2) is 52.2. The van der Waals surface area contributed by atoms with E-state index in [2.05, 4.69) is 70.4 Å². The molecule has 1 aromatic heterocycles. The minimum atomic E-state index is -1.67. The van der Waals surface area contributed by atoms with Crippen molar-refractivity contribution in [3.8, 4) is 5.75 Å². The molecule has 0 saturated heterocycles. The number of carbonyl (C=O) groups excluding carboxylic acids is 12. The highest BCUT2D eigenvalue weighted by atomic mass is 16.4. The number of unbranched alkanes of at least 4 members (excludes halogenated alkanes) is 14. The van der Waals surface area contributed by atoms with Crippen molar-refractivity contribution in [3.63, 3.8) is 0 Å². The van der Waals surface area contributed by atoms with Gasteiger partial charge in [-0.15, -0.1) is 0 Å². The Hall–Kier alpha value is -10.1. The van der Waals surface area contributed by atoms with E-state index in [1.54, 1.807) is 74.6 Å². The summed E-state index contributed by atoms with van der Waals surface area (Å²) in [5.74, 6) is -12.4. The number of aromatic hydroxyl groups is 1. The number of carboxylic acids is 1. The molecule has 0 spiro atoms. The summed E-state index contributed by atoms with van der Waals surface area (Å²) in [5, 5.41) is 69.3. The average molecular weight is 1550 g/mol. The molecule has 111 heavy (non-hydrogen) atoms. The van der Waals surface area contributed by atoms with E-state index in [9.17, 15) is 82.8 Å². The maximum absolute atomic E-state index is 15.0. The molecular formula is C79H121N15O17. The molecule has 32 nitrogen and oxygen atoms in total. The molecule has 0 aliphatic carbocycles. The van der Waals surface area contributed by atoms with Gasteiger partial charge in [-0.2, -0.15) is 0 Å². The number of aliphatic carboxylic acids is 1. The lowest BCUT2D eigenvalue weighted by Gasteiger charge is -2.28. The number of aliphatic hydroxyl groups is 2. The maximum atomic E-state index is 15.0. The van der Waals surface area contributed by atoms with Crippen LogP contribution in [0.25, 0.3) is 10.9 Å². The number of fused-ring (bicyclic) bond motifs is 1. The van der Waals surface area contributed by atoms with Crippen molar-refractivity contribution in [2.75, 3.05) is 32.8 Å². The van der Waals surface area contributed by atoms with Gasteiger partial charge in [-0.1, -0.05) is 158 Å². The second-order valence-electron chi connectivity index (χ2n) is 28.7. The SMILES string of the molecule is CCCCCCCCCCCCCCCC(=O)NCC(=O)NC(CO)C(=O)NC(CCC(=O)O)C(=O)NC(CCCCN)C(=O)NC(CCCCN)C(=O)NC(Cc1ccc(O)cc1)C(=O)NC(CC(C)C)C(=O)NC(Cc1c[nH]c2ccccc12)C(=O)NCC(=O)NC(Cc1ccccc1)C(=O)NC(C(N)=O)C(C)O. The molecule has 4 rings (SSSR count). The number of H-pyrrole nitrogens is 1. The summed E-state index contributed by atoms with van der Waals surface area (Å²) in [5.41, 5.74) is 19.5. The first-order valence-electron chi connectivity index (χ1n) is 39.0. The quantitative estimate of drug-likeness (QED) is 0.0281. The third-order valence-electron chi connectivity index (χ3n) is 18.8. The number of hydrogen-bond acceptors (Lipinski definition) is 18. The number of rotatable bonds is 57. The normalized spacial score (nSPS) is 13.9. The van der Waals surface area contributed by atoms with Crippen LogP contribution in [0, 0.1) is 5.92 Å². The van der Waals surface area contributed by atoms with E-state index in [4.69, 9.17) is 17.2 Å². The van der Waals surface area contributed by atoms with Gasteiger partial charge in [-0.3, -0.25) is 62.3 Å². The number of benzene rings is 3. The Kier molecular flexibility index (Phi) is 43.9. The van der Waals surface area contributed by atoms with Crippen molar-refractivity contribution < 1.29 is 82.8 Å². The Morgan fingerprint density at radius 1 is 0.432 bits per heavy atom. The van der Waals surface area contributed by atoms with E-state index >= 15 is 0 Å². The third-order valence-corrected chi connectivity index (χ3v) is 18.8. The highest BCUT2D eigenvalue weighted by Crippen LogP contribution is 2.21. The standard InChI is InChI=1S/C79H121N15O17/c1-5-6-7-8-9-10-11-12-13-14-15-16-20-33-66(98)84-47-67(99)87-65(49-95)79(111)90-60(38-39-69(101)102)75(107)89-58(31-23-25-40-80)73(105)88-59(32-24-26-41-81)74(106)92-63(44-53-34-36-55(97)37-35-53)77(109)91-61(42-50(2)3)76(108)93-64(45-54-46-83-57-30-22-21-29-56(54)57)72(104)85-48-68(100)86-62(43-52-27-18-17-19-28-52)78(110)94-70(51(4)96)71(82)103/h17-19,21-22,27-30,34-37,46,50-51,58-65,70,83,95-97H,5-16,20,23-26,31-33,38-45,47-49,80-81H2,1-4H3,(H2,82,103)(H,84,98)(H,85,104)(H,86,100)(H,87,99)(H,88,105)(H,89,107)(H,90,111)(H,91,109)(H,92,106)(H,93,108)(H,94,110)(H,101,102). The summed E-state index contributed by atoms with van der Waals surface area (Å²) in [6.45, 7) is 5.10. The summed E-state index contributed by atoms with van der Waals surface area (Å²) in [6, 6.07) is 7.88.